The zero-order valence-electron chi connectivity index (χ0n) is 15.9. The summed E-state index contributed by atoms with van der Waals surface area (Å²) in [6, 6.07) is 18.3. The number of nitrogens with zero attached hydrogens (tertiary/aromatic N) is 3. The number of hydrogen-bond acceptors (Lipinski definition) is 3. The van der Waals surface area contributed by atoms with E-state index in [4.69, 9.17) is 5.11 Å². The Bertz CT molecular complexity index is 911. The van der Waals surface area contributed by atoms with Crippen LogP contribution in [0.25, 0.3) is 11.1 Å². The van der Waals surface area contributed by atoms with Crippen molar-refractivity contribution in [2.24, 2.45) is 0 Å². The van der Waals surface area contributed by atoms with E-state index in [0.717, 1.165) is 42.6 Å². The standard InChI is InChI=1S/C23H25N3O2/c27-15-14-26-17-22(16-24-26)19-6-8-21(9-7-19)23(28)25-12-10-20(11-13-25)18-4-2-1-3-5-18/h1-9,16-17,20,27H,10-15H2. The number of amides is 1. The lowest BCUT2D eigenvalue weighted by molar-refractivity contribution is 0.0713. The molecule has 5 heteroatoms. The van der Waals surface area contributed by atoms with Gasteiger partial charge in [-0.05, 0) is 42.0 Å². The Kier molecular flexibility index (Phi) is 5.53. The first-order chi connectivity index (χ1) is 13.7. The maximum Gasteiger partial charge on any atom is 0.253 e. The summed E-state index contributed by atoms with van der Waals surface area (Å²) in [7, 11) is 0. The third kappa shape index (κ3) is 3.99. The second kappa shape index (κ2) is 8.40. The van der Waals surface area contributed by atoms with Gasteiger partial charge in [0.1, 0.15) is 0 Å². The molecule has 0 bridgehead atoms. The van der Waals surface area contributed by atoms with Gasteiger partial charge in [0.15, 0.2) is 0 Å². The van der Waals surface area contributed by atoms with Gasteiger partial charge in [0.2, 0.25) is 0 Å². The smallest absolute Gasteiger partial charge is 0.253 e. The number of aliphatic hydroxyl groups excluding tert-OH is 1. The van der Waals surface area contributed by atoms with Gasteiger partial charge in [-0.2, -0.15) is 5.10 Å². The van der Waals surface area contributed by atoms with Crippen LogP contribution in [0.5, 0.6) is 0 Å². The van der Waals surface area contributed by atoms with Crippen molar-refractivity contribution in [2.45, 2.75) is 25.3 Å². The fourth-order valence-electron chi connectivity index (χ4n) is 3.87. The molecule has 0 radical (unpaired) electrons. The minimum absolute atomic E-state index is 0.0650. The monoisotopic (exact) mass is 375 g/mol. The predicted octanol–water partition coefficient (Wildman–Crippen LogP) is 3.56. The summed E-state index contributed by atoms with van der Waals surface area (Å²) in [6.45, 7) is 2.15. The number of aliphatic hydroxyl groups is 1. The Morgan fingerprint density at radius 3 is 2.39 bits per heavy atom. The van der Waals surface area contributed by atoms with Crippen LogP contribution in [0.1, 0.15) is 34.7 Å². The number of hydrogen-bond donors (Lipinski definition) is 1. The van der Waals surface area contributed by atoms with Crippen LogP contribution in [0.15, 0.2) is 67.0 Å². The Balaban J connectivity index is 1.38. The van der Waals surface area contributed by atoms with E-state index in [0.29, 0.717) is 12.5 Å². The second-order valence-electron chi connectivity index (χ2n) is 7.27. The second-order valence-corrected chi connectivity index (χ2v) is 7.27. The summed E-state index contributed by atoms with van der Waals surface area (Å²) in [5.74, 6) is 0.650. The van der Waals surface area contributed by atoms with Crippen LogP contribution in [0, 0.1) is 0 Å². The Morgan fingerprint density at radius 2 is 1.71 bits per heavy atom. The minimum Gasteiger partial charge on any atom is -0.394 e. The zero-order valence-corrected chi connectivity index (χ0v) is 15.9. The van der Waals surface area contributed by atoms with Crippen LogP contribution >= 0.6 is 0 Å². The van der Waals surface area contributed by atoms with Crippen molar-refractivity contribution in [2.75, 3.05) is 19.7 Å². The molecule has 1 amide bonds. The normalized spacial score (nSPS) is 15.0. The van der Waals surface area contributed by atoms with Gasteiger partial charge >= 0.3 is 0 Å². The van der Waals surface area contributed by atoms with Crippen LogP contribution in [0.4, 0.5) is 0 Å². The molecule has 1 aliphatic heterocycles. The van der Waals surface area contributed by atoms with Crippen molar-refractivity contribution in [3.05, 3.63) is 78.1 Å². The summed E-state index contributed by atoms with van der Waals surface area (Å²) < 4.78 is 1.71. The van der Waals surface area contributed by atoms with Gasteiger partial charge in [-0.25, -0.2) is 0 Å². The van der Waals surface area contributed by atoms with Crippen LogP contribution in [-0.4, -0.2) is 45.4 Å². The molecule has 1 aromatic heterocycles. The lowest BCUT2D eigenvalue weighted by atomic mass is 9.89. The van der Waals surface area contributed by atoms with E-state index < -0.39 is 0 Å². The van der Waals surface area contributed by atoms with Crippen LogP contribution < -0.4 is 0 Å². The van der Waals surface area contributed by atoms with Gasteiger partial charge in [-0.1, -0.05) is 42.5 Å². The summed E-state index contributed by atoms with van der Waals surface area (Å²) in [5, 5.41) is 13.2. The summed E-state index contributed by atoms with van der Waals surface area (Å²) in [4.78, 5) is 14.8. The summed E-state index contributed by atoms with van der Waals surface area (Å²) in [5.41, 5.74) is 4.10. The van der Waals surface area contributed by atoms with Gasteiger partial charge in [-0.3, -0.25) is 9.48 Å². The predicted molar refractivity (Wildman–Crippen MR) is 109 cm³/mol. The third-order valence-corrected chi connectivity index (χ3v) is 5.48. The quantitative estimate of drug-likeness (QED) is 0.742. The van der Waals surface area contributed by atoms with E-state index in [9.17, 15) is 4.79 Å². The molecule has 2 aromatic carbocycles. The first kappa shape index (κ1) is 18.4. The van der Waals surface area contributed by atoms with Crippen molar-refractivity contribution in [3.63, 3.8) is 0 Å². The van der Waals surface area contributed by atoms with Crippen molar-refractivity contribution in [1.82, 2.24) is 14.7 Å². The molecule has 1 saturated heterocycles. The lowest BCUT2D eigenvalue weighted by Crippen LogP contribution is -2.37. The molecule has 0 saturated carbocycles. The number of likely N-dealkylation sites (tertiary alicyclic amines) is 1. The number of aromatic nitrogens is 2. The molecule has 0 atom stereocenters. The first-order valence-corrected chi connectivity index (χ1v) is 9.82. The highest BCUT2D eigenvalue weighted by Gasteiger charge is 2.24. The average Bonchev–Trinajstić information content (AvgIpc) is 3.23. The van der Waals surface area contributed by atoms with E-state index in [-0.39, 0.29) is 12.5 Å². The fraction of sp³-hybridized carbons (Fsp3) is 0.304. The van der Waals surface area contributed by atoms with Crippen molar-refractivity contribution >= 4 is 5.91 Å². The molecule has 0 unspecified atom stereocenters. The van der Waals surface area contributed by atoms with Gasteiger partial charge < -0.3 is 10.0 Å². The van der Waals surface area contributed by atoms with Crippen LogP contribution in [0.2, 0.25) is 0 Å². The fourth-order valence-corrected chi connectivity index (χ4v) is 3.87. The molecule has 0 spiro atoms. The Labute approximate surface area is 165 Å². The maximum absolute atomic E-state index is 12.9. The van der Waals surface area contributed by atoms with E-state index in [2.05, 4.69) is 29.4 Å². The van der Waals surface area contributed by atoms with E-state index in [1.807, 2.05) is 41.4 Å². The minimum atomic E-state index is 0.0650. The molecule has 5 nitrogen and oxygen atoms in total. The van der Waals surface area contributed by atoms with Crippen LogP contribution in [0.3, 0.4) is 0 Å². The number of rotatable bonds is 5. The molecular formula is C23H25N3O2. The lowest BCUT2D eigenvalue weighted by Gasteiger charge is -2.32. The molecule has 28 heavy (non-hydrogen) atoms. The van der Waals surface area contributed by atoms with Crippen LogP contribution in [-0.2, 0) is 6.54 Å². The van der Waals surface area contributed by atoms with Gasteiger partial charge in [0.05, 0.1) is 19.3 Å². The number of benzene rings is 2. The van der Waals surface area contributed by atoms with Crippen molar-refractivity contribution in [3.8, 4) is 11.1 Å². The Morgan fingerprint density at radius 1 is 1.00 bits per heavy atom. The van der Waals surface area contributed by atoms with Crippen molar-refractivity contribution < 1.29 is 9.90 Å². The number of piperidine rings is 1. The molecule has 1 N–H and O–H groups in total. The first-order valence-electron chi connectivity index (χ1n) is 9.82. The SMILES string of the molecule is O=C(c1ccc(-c2cnn(CCO)c2)cc1)N1CCC(c2ccccc2)CC1. The molecule has 3 aromatic rings. The molecule has 2 heterocycles. The largest absolute Gasteiger partial charge is 0.394 e. The summed E-state index contributed by atoms with van der Waals surface area (Å²) in [6.07, 6.45) is 5.71. The molecule has 1 aliphatic rings. The van der Waals surface area contributed by atoms with Gasteiger partial charge in [-0.15, -0.1) is 0 Å². The molecular weight excluding hydrogens is 350 g/mol. The number of carbonyl (C=O) groups excluding carboxylic acids is 1. The molecule has 0 aliphatic carbocycles. The van der Waals surface area contributed by atoms with Gasteiger partial charge in [0, 0.05) is 30.4 Å². The average molecular weight is 375 g/mol. The molecule has 1 fully saturated rings. The van der Waals surface area contributed by atoms with E-state index >= 15 is 0 Å². The molecule has 4 rings (SSSR count). The zero-order chi connectivity index (χ0) is 19.3. The Hall–Kier alpha value is -2.92. The third-order valence-electron chi connectivity index (χ3n) is 5.48. The van der Waals surface area contributed by atoms with E-state index in [1.54, 1.807) is 10.9 Å². The maximum atomic E-state index is 12.9. The number of carbonyl (C=O) groups is 1. The highest BCUT2D eigenvalue weighted by molar-refractivity contribution is 5.94. The summed E-state index contributed by atoms with van der Waals surface area (Å²) >= 11 is 0. The van der Waals surface area contributed by atoms with Crippen molar-refractivity contribution in [1.29, 1.82) is 0 Å². The topological polar surface area (TPSA) is 58.4 Å². The highest BCUT2D eigenvalue weighted by Crippen LogP contribution is 2.28. The molecule has 144 valence electrons. The highest BCUT2D eigenvalue weighted by atomic mass is 16.3. The van der Waals surface area contributed by atoms with E-state index in [1.165, 1.54) is 5.56 Å². The van der Waals surface area contributed by atoms with Gasteiger partial charge in [0.25, 0.3) is 5.91 Å².